The van der Waals surface area contributed by atoms with Crippen LogP contribution in [-0.4, -0.2) is 23.9 Å². The maximum atomic E-state index is 12.8. The number of aryl methyl sites for hydroxylation is 2. The molecular formula is C27H32N2O. The lowest BCUT2D eigenvalue weighted by molar-refractivity contribution is 0.102. The predicted molar refractivity (Wildman–Crippen MR) is 127 cm³/mol. The minimum absolute atomic E-state index is 0.0616. The van der Waals surface area contributed by atoms with E-state index in [0.29, 0.717) is 11.5 Å². The van der Waals surface area contributed by atoms with E-state index in [4.69, 9.17) is 0 Å². The summed E-state index contributed by atoms with van der Waals surface area (Å²) < 4.78 is 0. The Hall–Kier alpha value is -3.07. The third-order valence-corrected chi connectivity index (χ3v) is 5.54. The van der Waals surface area contributed by atoms with Gasteiger partial charge in [0.1, 0.15) is 0 Å². The van der Waals surface area contributed by atoms with E-state index in [0.717, 1.165) is 36.3 Å². The first-order valence-electron chi connectivity index (χ1n) is 10.6. The third-order valence-electron chi connectivity index (χ3n) is 5.54. The van der Waals surface area contributed by atoms with E-state index in [1.165, 1.54) is 16.8 Å². The van der Waals surface area contributed by atoms with Crippen molar-refractivity contribution >= 4 is 11.6 Å². The number of nitrogens with zero attached hydrogens (tertiary/aromatic N) is 1. The van der Waals surface area contributed by atoms with Crippen LogP contribution in [0.4, 0.5) is 5.69 Å². The molecule has 1 heterocycles. The van der Waals surface area contributed by atoms with Gasteiger partial charge in [-0.05, 0) is 87.2 Å². The van der Waals surface area contributed by atoms with Crippen molar-refractivity contribution in [3.8, 4) is 0 Å². The Balaban J connectivity index is 1.79. The summed E-state index contributed by atoms with van der Waals surface area (Å²) in [5.74, 6) is 0.351. The standard InChI is InChI=1S/C27H32N2O/c1-6-8-25(15-19(2)3)29-14-13-23(18-29)26-17-22(12-11-21(26)5)27(30)28-24-10-7-9-20(4)16-24/h6-12,15-17,23H,2,13-14,18H2,1,3-5H3,(H,28,30)/b8-6-,25-15+. The van der Waals surface area contributed by atoms with Gasteiger partial charge >= 0.3 is 0 Å². The fourth-order valence-electron chi connectivity index (χ4n) is 4.06. The van der Waals surface area contributed by atoms with E-state index >= 15 is 0 Å². The monoisotopic (exact) mass is 400 g/mol. The maximum Gasteiger partial charge on any atom is 0.255 e. The molecule has 0 bridgehead atoms. The molecule has 0 spiro atoms. The van der Waals surface area contributed by atoms with E-state index in [-0.39, 0.29) is 5.91 Å². The Labute approximate surface area is 180 Å². The molecule has 3 rings (SSSR count). The molecule has 0 saturated carbocycles. The lowest BCUT2D eigenvalue weighted by atomic mass is 9.92. The number of rotatable bonds is 6. The van der Waals surface area contributed by atoms with Crippen molar-refractivity contribution in [3.63, 3.8) is 0 Å². The van der Waals surface area contributed by atoms with E-state index in [1.807, 2.05) is 51.1 Å². The summed E-state index contributed by atoms with van der Waals surface area (Å²) in [6, 6.07) is 14.0. The Bertz CT molecular complexity index is 1000. The van der Waals surface area contributed by atoms with Gasteiger partial charge in [0, 0.05) is 36.0 Å². The van der Waals surface area contributed by atoms with Crippen molar-refractivity contribution in [2.75, 3.05) is 18.4 Å². The number of carbonyl (C=O) groups is 1. The molecule has 1 aliphatic rings. The van der Waals surface area contributed by atoms with Crippen LogP contribution in [0.5, 0.6) is 0 Å². The molecule has 30 heavy (non-hydrogen) atoms. The van der Waals surface area contributed by atoms with Crippen molar-refractivity contribution in [2.45, 2.75) is 40.0 Å². The van der Waals surface area contributed by atoms with Crippen molar-refractivity contribution < 1.29 is 4.79 Å². The van der Waals surface area contributed by atoms with Gasteiger partial charge in [-0.15, -0.1) is 0 Å². The molecule has 0 radical (unpaired) electrons. The molecule has 1 N–H and O–H groups in total. The second-order valence-corrected chi connectivity index (χ2v) is 8.24. The molecule has 156 valence electrons. The molecule has 2 aromatic carbocycles. The Morgan fingerprint density at radius 1 is 1.20 bits per heavy atom. The van der Waals surface area contributed by atoms with Crippen molar-refractivity contribution in [1.29, 1.82) is 0 Å². The zero-order chi connectivity index (χ0) is 21.7. The highest BCUT2D eigenvalue weighted by Gasteiger charge is 2.26. The summed E-state index contributed by atoms with van der Waals surface area (Å²) in [4.78, 5) is 15.2. The molecule has 1 unspecified atom stereocenters. The highest BCUT2D eigenvalue weighted by Crippen LogP contribution is 2.32. The molecule has 3 nitrogen and oxygen atoms in total. The molecule has 1 fully saturated rings. The van der Waals surface area contributed by atoms with Crippen LogP contribution in [0.2, 0.25) is 0 Å². The summed E-state index contributed by atoms with van der Waals surface area (Å²) in [6.07, 6.45) is 7.44. The molecule has 2 aromatic rings. The van der Waals surface area contributed by atoms with Gasteiger partial charge < -0.3 is 10.2 Å². The fourth-order valence-corrected chi connectivity index (χ4v) is 4.06. The summed E-state index contributed by atoms with van der Waals surface area (Å²) >= 11 is 0. The Kier molecular flexibility index (Phi) is 6.94. The number of allylic oxidation sites excluding steroid dienone is 4. The summed E-state index contributed by atoms with van der Waals surface area (Å²) in [6.45, 7) is 14.2. The molecule has 1 aliphatic heterocycles. The normalized spacial score (nSPS) is 16.9. The van der Waals surface area contributed by atoms with Gasteiger partial charge in [0.05, 0.1) is 0 Å². The smallest absolute Gasteiger partial charge is 0.255 e. The minimum Gasteiger partial charge on any atom is -0.371 e. The molecule has 1 amide bonds. The van der Waals surface area contributed by atoms with E-state index < -0.39 is 0 Å². The van der Waals surface area contributed by atoms with Gasteiger partial charge in [0.25, 0.3) is 5.91 Å². The number of hydrogen-bond donors (Lipinski definition) is 1. The van der Waals surface area contributed by atoms with Gasteiger partial charge in [0.2, 0.25) is 0 Å². The van der Waals surface area contributed by atoms with E-state index in [1.54, 1.807) is 0 Å². The van der Waals surface area contributed by atoms with Gasteiger partial charge in [0.15, 0.2) is 0 Å². The molecule has 0 aliphatic carbocycles. The van der Waals surface area contributed by atoms with Crippen LogP contribution in [0.3, 0.4) is 0 Å². The minimum atomic E-state index is -0.0616. The van der Waals surface area contributed by atoms with E-state index in [2.05, 4.69) is 54.1 Å². The highest BCUT2D eigenvalue weighted by molar-refractivity contribution is 6.04. The second kappa shape index (κ2) is 9.62. The first kappa shape index (κ1) is 21.6. The highest BCUT2D eigenvalue weighted by atomic mass is 16.1. The molecule has 3 heteroatoms. The quantitative estimate of drug-likeness (QED) is 0.571. The third kappa shape index (κ3) is 5.29. The zero-order valence-electron chi connectivity index (χ0n) is 18.5. The van der Waals surface area contributed by atoms with Crippen LogP contribution in [0.15, 0.2) is 78.5 Å². The van der Waals surface area contributed by atoms with Crippen LogP contribution >= 0.6 is 0 Å². The first-order chi connectivity index (χ1) is 14.4. The van der Waals surface area contributed by atoms with E-state index in [9.17, 15) is 4.79 Å². The number of carbonyl (C=O) groups excluding carboxylic acids is 1. The Morgan fingerprint density at radius 3 is 2.70 bits per heavy atom. The SMILES string of the molecule is C=C(C)/C=C(\C=C/C)N1CCC(c2cc(C(=O)Nc3cccc(C)c3)ccc2C)C1. The van der Waals surface area contributed by atoms with Crippen molar-refractivity contribution in [2.24, 2.45) is 0 Å². The number of benzene rings is 2. The lowest BCUT2D eigenvalue weighted by Crippen LogP contribution is -2.19. The van der Waals surface area contributed by atoms with Crippen molar-refractivity contribution in [1.82, 2.24) is 4.90 Å². The van der Waals surface area contributed by atoms with Crippen LogP contribution < -0.4 is 5.32 Å². The number of amides is 1. The van der Waals surface area contributed by atoms with Gasteiger partial charge in [-0.25, -0.2) is 0 Å². The average molecular weight is 401 g/mol. The summed E-state index contributed by atoms with van der Waals surface area (Å²) in [7, 11) is 0. The van der Waals surface area contributed by atoms with Crippen LogP contribution in [0.1, 0.15) is 53.2 Å². The number of likely N-dealkylation sites (tertiary alicyclic amines) is 1. The zero-order valence-corrected chi connectivity index (χ0v) is 18.5. The Morgan fingerprint density at radius 2 is 2.00 bits per heavy atom. The van der Waals surface area contributed by atoms with Crippen LogP contribution in [0.25, 0.3) is 0 Å². The van der Waals surface area contributed by atoms with Crippen molar-refractivity contribution in [3.05, 3.63) is 101 Å². The lowest BCUT2D eigenvalue weighted by Gasteiger charge is -2.21. The first-order valence-corrected chi connectivity index (χ1v) is 10.6. The van der Waals surface area contributed by atoms with Crippen LogP contribution in [0, 0.1) is 13.8 Å². The molecule has 0 aromatic heterocycles. The summed E-state index contributed by atoms with van der Waals surface area (Å²) in [5, 5.41) is 3.02. The predicted octanol–water partition coefficient (Wildman–Crippen LogP) is 6.38. The number of anilines is 1. The number of hydrogen-bond acceptors (Lipinski definition) is 2. The topological polar surface area (TPSA) is 32.3 Å². The number of nitrogens with one attached hydrogen (secondary N) is 1. The van der Waals surface area contributed by atoms with Gasteiger partial charge in [-0.1, -0.05) is 36.4 Å². The summed E-state index contributed by atoms with van der Waals surface area (Å²) in [5.41, 5.74) is 7.44. The largest absolute Gasteiger partial charge is 0.371 e. The fraction of sp³-hybridized carbons (Fsp3) is 0.296. The molecular weight excluding hydrogens is 368 g/mol. The second-order valence-electron chi connectivity index (χ2n) is 8.24. The average Bonchev–Trinajstić information content (AvgIpc) is 3.17. The maximum absolute atomic E-state index is 12.8. The van der Waals surface area contributed by atoms with Gasteiger partial charge in [-0.2, -0.15) is 0 Å². The molecule has 1 atom stereocenters. The van der Waals surface area contributed by atoms with Crippen LogP contribution in [-0.2, 0) is 0 Å². The van der Waals surface area contributed by atoms with Gasteiger partial charge in [-0.3, -0.25) is 4.79 Å². The molecule has 1 saturated heterocycles.